The third kappa shape index (κ3) is 3.19. The van der Waals surface area contributed by atoms with Crippen LogP contribution < -0.4 is 16.8 Å². The summed E-state index contributed by atoms with van der Waals surface area (Å²) in [5.41, 5.74) is 13.0. The number of nitrogens with one attached hydrogen (secondary N) is 1. The lowest BCUT2D eigenvalue weighted by Gasteiger charge is -2.33. The molecule has 0 saturated heterocycles. The Labute approximate surface area is 114 Å². The van der Waals surface area contributed by atoms with Crippen LogP contribution >= 0.6 is 0 Å². The highest BCUT2D eigenvalue weighted by Crippen LogP contribution is 2.32. The molecule has 1 fully saturated rings. The molecule has 19 heavy (non-hydrogen) atoms. The average Bonchev–Trinajstić information content (AvgIpc) is 2.30. The molecule has 0 aromatic heterocycles. The predicted molar refractivity (Wildman–Crippen MR) is 79.0 cm³/mol. The first-order chi connectivity index (χ1) is 8.97. The first kappa shape index (κ1) is 13.7. The zero-order valence-electron chi connectivity index (χ0n) is 11.6. The molecule has 1 saturated carbocycles. The van der Waals surface area contributed by atoms with Crippen molar-refractivity contribution < 1.29 is 4.79 Å². The maximum atomic E-state index is 11.3. The minimum Gasteiger partial charge on any atom is -0.396 e. The number of benzene rings is 1. The molecule has 2 unspecified atom stereocenters. The fourth-order valence-electron chi connectivity index (χ4n) is 3.19. The summed E-state index contributed by atoms with van der Waals surface area (Å²) >= 11 is 0. The summed E-state index contributed by atoms with van der Waals surface area (Å²) in [6, 6.07) is 5.80. The Balaban J connectivity index is 2.15. The maximum absolute atomic E-state index is 11.3. The molecule has 0 aliphatic heterocycles. The molecule has 104 valence electrons. The van der Waals surface area contributed by atoms with Gasteiger partial charge in [0.25, 0.3) is 5.91 Å². The number of amides is 1. The van der Waals surface area contributed by atoms with E-state index < -0.39 is 5.91 Å². The number of hydrogen-bond acceptors (Lipinski definition) is 3. The Bertz CT molecular complexity index is 462. The zero-order chi connectivity index (χ0) is 14.0. The maximum Gasteiger partial charge on any atom is 0.250 e. The van der Waals surface area contributed by atoms with E-state index in [9.17, 15) is 4.79 Å². The van der Waals surface area contributed by atoms with E-state index in [0.29, 0.717) is 17.3 Å². The lowest BCUT2D eigenvalue weighted by molar-refractivity contribution is 0.100. The Morgan fingerprint density at radius 2 is 1.84 bits per heavy atom. The monoisotopic (exact) mass is 261 g/mol. The largest absolute Gasteiger partial charge is 0.396 e. The molecule has 4 nitrogen and oxygen atoms in total. The van der Waals surface area contributed by atoms with Gasteiger partial charge in [-0.25, -0.2) is 0 Å². The van der Waals surface area contributed by atoms with Crippen LogP contribution in [0.3, 0.4) is 0 Å². The van der Waals surface area contributed by atoms with Gasteiger partial charge in [0.2, 0.25) is 0 Å². The number of nitrogens with two attached hydrogens (primary N) is 2. The molecular weight excluding hydrogens is 238 g/mol. The van der Waals surface area contributed by atoms with Crippen LogP contribution in [0.25, 0.3) is 0 Å². The molecule has 0 bridgehead atoms. The third-order valence-electron chi connectivity index (χ3n) is 3.91. The Kier molecular flexibility index (Phi) is 3.98. The molecule has 0 spiro atoms. The van der Waals surface area contributed by atoms with Crippen molar-refractivity contribution in [3.05, 3.63) is 23.8 Å². The molecule has 5 N–H and O–H groups in total. The van der Waals surface area contributed by atoms with E-state index in [1.807, 2.05) is 12.1 Å². The van der Waals surface area contributed by atoms with E-state index in [1.54, 1.807) is 6.07 Å². The molecule has 1 amide bonds. The highest BCUT2D eigenvalue weighted by Gasteiger charge is 2.24. The van der Waals surface area contributed by atoms with E-state index >= 15 is 0 Å². The standard InChI is InChI=1S/C15H23N3O/c1-9-6-10(2)8-11(7-9)18-13-5-3-4-12(14(13)16)15(17)19/h3-5,9-11,18H,6-8,16H2,1-2H3,(H2,17,19). The summed E-state index contributed by atoms with van der Waals surface area (Å²) in [5.74, 6) is 0.968. The van der Waals surface area contributed by atoms with E-state index in [0.717, 1.165) is 30.4 Å². The highest BCUT2D eigenvalue weighted by molar-refractivity contribution is 6.00. The SMILES string of the molecule is CC1CC(C)CC(Nc2cccc(C(N)=O)c2N)C1. The second-order valence-electron chi connectivity index (χ2n) is 5.89. The van der Waals surface area contributed by atoms with Gasteiger partial charge in [-0.1, -0.05) is 19.9 Å². The molecule has 0 radical (unpaired) electrons. The van der Waals surface area contributed by atoms with Crippen molar-refractivity contribution in [1.29, 1.82) is 0 Å². The summed E-state index contributed by atoms with van der Waals surface area (Å²) < 4.78 is 0. The third-order valence-corrected chi connectivity index (χ3v) is 3.91. The minimum absolute atomic E-state index is 0.391. The van der Waals surface area contributed by atoms with Gasteiger partial charge in [0, 0.05) is 6.04 Å². The van der Waals surface area contributed by atoms with Crippen LogP contribution in [0.1, 0.15) is 43.5 Å². The fraction of sp³-hybridized carbons (Fsp3) is 0.533. The van der Waals surface area contributed by atoms with Gasteiger partial charge in [-0.3, -0.25) is 4.79 Å². The number of nitrogen functional groups attached to an aromatic ring is 1. The van der Waals surface area contributed by atoms with Crippen molar-refractivity contribution in [3.63, 3.8) is 0 Å². The average molecular weight is 261 g/mol. The van der Waals surface area contributed by atoms with Gasteiger partial charge in [-0.15, -0.1) is 0 Å². The Morgan fingerprint density at radius 3 is 2.42 bits per heavy atom. The molecule has 4 heteroatoms. The van der Waals surface area contributed by atoms with Gasteiger partial charge >= 0.3 is 0 Å². The van der Waals surface area contributed by atoms with Gasteiger partial charge in [0.15, 0.2) is 0 Å². The molecule has 2 rings (SSSR count). The van der Waals surface area contributed by atoms with Gasteiger partial charge in [-0.05, 0) is 43.2 Å². The fourth-order valence-corrected chi connectivity index (χ4v) is 3.19. The van der Waals surface area contributed by atoms with Crippen molar-refractivity contribution in [1.82, 2.24) is 0 Å². The van der Waals surface area contributed by atoms with Crippen LogP contribution in [0.4, 0.5) is 11.4 Å². The number of para-hydroxylation sites is 1. The number of primary amides is 1. The molecular formula is C15H23N3O. The van der Waals surface area contributed by atoms with Gasteiger partial charge < -0.3 is 16.8 Å². The topological polar surface area (TPSA) is 81.1 Å². The van der Waals surface area contributed by atoms with Crippen LogP contribution in [-0.4, -0.2) is 11.9 Å². The van der Waals surface area contributed by atoms with Crippen molar-refractivity contribution in [2.45, 2.75) is 39.2 Å². The lowest BCUT2D eigenvalue weighted by atomic mass is 9.80. The summed E-state index contributed by atoms with van der Waals surface area (Å²) in [6.45, 7) is 4.57. The first-order valence-electron chi connectivity index (χ1n) is 6.92. The highest BCUT2D eigenvalue weighted by atomic mass is 16.1. The molecule has 2 atom stereocenters. The van der Waals surface area contributed by atoms with Crippen LogP contribution in [-0.2, 0) is 0 Å². The van der Waals surface area contributed by atoms with E-state index in [2.05, 4.69) is 19.2 Å². The molecule has 1 aliphatic rings. The first-order valence-corrected chi connectivity index (χ1v) is 6.92. The van der Waals surface area contributed by atoms with Crippen LogP contribution in [0.2, 0.25) is 0 Å². The lowest BCUT2D eigenvalue weighted by Crippen LogP contribution is -2.30. The van der Waals surface area contributed by atoms with E-state index in [1.165, 1.54) is 6.42 Å². The number of carbonyl (C=O) groups excluding carboxylic acids is 1. The number of rotatable bonds is 3. The van der Waals surface area contributed by atoms with E-state index in [4.69, 9.17) is 11.5 Å². The van der Waals surface area contributed by atoms with Gasteiger partial charge in [0.1, 0.15) is 0 Å². The van der Waals surface area contributed by atoms with Crippen LogP contribution in [0, 0.1) is 11.8 Å². The number of carbonyl (C=O) groups is 1. The molecule has 0 heterocycles. The smallest absolute Gasteiger partial charge is 0.250 e. The van der Waals surface area contributed by atoms with Crippen molar-refractivity contribution in [3.8, 4) is 0 Å². The van der Waals surface area contributed by atoms with Crippen molar-refractivity contribution >= 4 is 17.3 Å². The second kappa shape index (κ2) is 5.51. The zero-order valence-corrected chi connectivity index (χ0v) is 11.6. The summed E-state index contributed by atoms with van der Waals surface area (Å²) in [5, 5.41) is 3.47. The second-order valence-corrected chi connectivity index (χ2v) is 5.89. The molecule has 1 aromatic carbocycles. The Morgan fingerprint density at radius 1 is 1.21 bits per heavy atom. The van der Waals surface area contributed by atoms with Gasteiger partial charge in [-0.2, -0.15) is 0 Å². The Hall–Kier alpha value is -1.71. The minimum atomic E-state index is -0.480. The number of anilines is 2. The van der Waals surface area contributed by atoms with E-state index in [-0.39, 0.29) is 0 Å². The predicted octanol–water partition coefficient (Wildman–Crippen LogP) is 2.60. The summed E-state index contributed by atoms with van der Waals surface area (Å²) in [6.07, 6.45) is 3.57. The van der Waals surface area contributed by atoms with Crippen molar-refractivity contribution in [2.75, 3.05) is 11.1 Å². The summed E-state index contributed by atoms with van der Waals surface area (Å²) in [4.78, 5) is 11.3. The van der Waals surface area contributed by atoms with Gasteiger partial charge in [0.05, 0.1) is 16.9 Å². The summed E-state index contributed by atoms with van der Waals surface area (Å²) in [7, 11) is 0. The number of hydrogen-bond donors (Lipinski definition) is 3. The normalized spacial score (nSPS) is 26.9. The molecule has 1 aromatic rings. The van der Waals surface area contributed by atoms with Crippen LogP contribution in [0.15, 0.2) is 18.2 Å². The quantitative estimate of drug-likeness (QED) is 0.731. The van der Waals surface area contributed by atoms with Crippen molar-refractivity contribution in [2.24, 2.45) is 17.6 Å². The molecule has 1 aliphatic carbocycles. The van der Waals surface area contributed by atoms with Crippen LogP contribution in [0.5, 0.6) is 0 Å².